The molecule has 1 aromatic carbocycles. The maximum absolute atomic E-state index is 13.2. The van der Waals surface area contributed by atoms with Crippen molar-refractivity contribution in [1.82, 2.24) is 19.4 Å². The SMILES string of the molecule is CC(C)n1c(=O)n(-c2cccc(OC(F)F)c2)c2ccc(C(=O)NC3(C)CS(O)(O)C3)nc21. The van der Waals surface area contributed by atoms with E-state index in [1.54, 1.807) is 32.9 Å². The fourth-order valence-electron chi connectivity index (χ4n) is 4.12. The van der Waals surface area contributed by atoms with E-state index >= 15 is 0 Å². The second-order valence-corrected chi connectivity index (χ2v) is 10.8. The second-order valence-electron chi connectivity index (χ2n) is 8.60. The molecule has 33 heavy (non-hydrogen) atoms. The van der Waals surface area contributed by atoms with Gasteiger partial charge in [0.05, 0.1) is 28.2 Å². The summed E-state index contributed by atoms with van der Waals surface area (Å²) in [5, 5.41) is 2.77. The molecular weight excluding hydrogens is 458 g/mol. The molecule has 178 valence electrons. The highest BCUT2D eigenvalue weighted by Gasteiger charge is 2.46. The molecule has 1 saturated heterocycles. The Labute approximate surface area is 189 Å². The third-order valence-electron chi connectivity index (χ3n) is 5.29. The van der Waals surface area contributed by atoms with Gasteiger partial charge in [0.1, 0.15) is 11.4 Å². The fraction of sp³-hybridized carbons (Fsp3) is 0.381. The van der Waals surface area contributed by atoms with Gasteiger partial charge >= 0.3 is 12.3 Å². The van der Waals surface area contributed by atoms with Gasteiger partial charge in [0.15, 0.2) is 5.65 Å². The first-order chi connectivity index (χ1) is 15.4. The van der Waals surface area contributed by atoms with Crippen molar-refractivity contribution in [3.8, 4) is 11.4 Å². The minimum Gasteiger partial charge on any atom is -0.435 e. The van der Waals surface area contributed by atoms with E-state index in [1.165, 1.54) is 33.4 Å². The van der Waals surface area contributed by atoms with E-state index in [0.29, 0.717) is 11.2 Å². The number of alkyl halides is 2. The molecule has 3 aromatic rings. The van der Waals surface area contributed by atoms with Crippen LogP contribution in [0.4, 0.5) is 8.78 Å². The predicted molar refractivity (Wildman–Crippen MR) is 121 cm³/mol. The third kappa shape index (κ3) is 4.45. The normalized spacial score (nSPS) is 17.7. The smallest absolute Gasteiger partial charge is 0.387 e. The van der Waals surface area contributed by atoms with Gasteiger partial charge in [-0.2, -0.15) is 19.4 Å². The van der Waals surface area contributed by atoms with E-state index in [1.807, 2.05) is 0 Å². The van der Waals surface area contributed by atoms with Crippen molar-refractivity contribution in [2.75, 3.05) is 11.5 Å². The molecule has 0 atom stereocenters. The van der Waals surface area contributed by atoms with Crippen LogP contribution in [0.5, 0.6) is 5.75 Å². The summed E-state index contributed by atoms with van der Waals surface area (Å²) < 4.78 is 51.8. The summed E-state index contributed by atoms with van der Waals surface area (Å²) in [5.74, 6) is -0.462. The van der Waals surface area contributed by atoms with Crippen molar-refractivity contribution in [3.63, 3.8) is 0 Å². The number of amides is 1. The summed E-state index contributed by atoms with van der Waals surface area (Å²) >= 11 is 0. The first kappa shape index (κ1) is 23.2. The van der Waals surface area contributed by atoms with Gasteiger partial charge in [-0.25, -0.2) is 9.78 Å². The van der Waals surface area contributed by atoms with Crippen LogP contribution in [0.15, 0.2) is 41.2 Å². The highest BCUT2D eigenvalue weighted by atomic mass is 32.3. The van der Waals surface area contributed by atoms with E-state index in [9.17, 15) is 27.5 Å². The lowest BCUT2D eigenvalue weighted by Crippen LogP contribution is -2.61. The molecule has 0 unspecified atom stereocenters. The van der Waals surface area contributed by atoms with Crippen molar-refractivity contribution >= 4 is 27.7 Å². The van der Waals surface area contributed by atoms with Crippen molar-refractivity contribution in [1.29, 1.82) is 0 Å². The molecule has 1 aliphatic heterocycles. The Balaban J connectivity index is 1.76. The number of carbonyl (C=O) groups excluding carboxylic acids is 1. The van der Waals surface area contributed by atoms with Gasteiger partial charge in [0.2, 0.25) is 0 Å². The van der Waals surface area contributed by atoms with Crippen molar-refractivity contribution in [2.45, 2.75) is 39.0 Å². The number of rotatable bonds is 6. The van der Waals surface area contributed by atoms with E-state index < -0.39 is 34.3 Å². The van der Waals surface area contributed by atoms with E-state index in [4.69, 9.17) is 0 Å². The average molecular weight is 483 g/mol. The Kier molecular flexibility index (Phi) is 5.71. The van der Waals surface area contributed by atoms with E-state index in [-0.39, 0.29) is 34.6 Å². The zero-order valence-electron chi connectivity index (χ0n) is 18.2. The van der Waals surface area contributed by atoms with Crippen molar-refractivity contribution < 1.29 is 27.4 Å². The first-order valence-corrected chi connectivity index (χ1v) is 12.0. The molecule has 0 radical (unpaired) electrons. The Morgan fingerprint density at radius 1 is 1.24 bits per heavy atom. The second kappa shape index (κ2) is 8.12. The molecule has 12 heteroatoms. The molecule has 2 aromatic heterocycles. The number of halogens is 2. The number of benzene rings is 1. The van der Waals surface area contributed by atoms with Gasteiger partial charge in [-0.1, -0.05) is 6.07 Å². The minimum absolute atomic E-state index is 0.0634. The van der Waals surface area contributed by atoms with Crippen molar-refractivity contribution in [3.05, 3.63) is 52.6 Å². The summed E-state index contributed by atoms with van der Waals surface area (Å²) in [7, 11) is -2.65. The number of aromatic nitrogens is 3. The van der Waals surface area contributed by atoms with Crippen LogP contribution in [0.2, 0.25) is 0 Å². The largest absolute Gasteiger partial charge is 0.435 e. The summed E-state index contributed by atoms with van der Waals surface area (Å²) in [6, 6.07) is 8.49. The van der Waals surface area contributed by atoms with Crippen LogP contribution in [0.1, 0.15) is 37.3 Å². The van der Waals surface area contributed by atoms with E-state index in [0.717, 1.165) is 0 Å². The van der Waals surface area contributed by atoms with Crippen LogP contribution in [-0.2, 0) is 0 Å². The average Bonchev–Trinajstić information content (AvgIpc) is 2.96. The van der Waals surface area contributed by atoms with Crippen LogP contribution in [-0.4, -0.2) is 52.8 Å². The third-order valence-corrected chi connectivity index (χ3v) is 7.48. The lowest BCUT2D eigenvalue weighted by atomic mass is 10.1. The van der Waals surface area contributed by atoms with Gasteiger partial charge in [0.25, 0.3) is 5.91 Å². The molecule has 1 fully saturated rings. The molecule has 0 bridgehead atoms. The highest BCUT2D eigenvalue weighted by molar-refractivity contribution is 8.25. The van der Waals surface area contributed by atoms with Crippen LogP contribution in [0.25, 0.3) is 16.9 Å². The number of nitrogens with one attached hydrogen (secondary N) is 1. The lowest BCUT2D eigenvalue weighted by molar-refractivity contribution is -0.0498. The number of ether oxygens (including phenoxy) is 1. The Hall–Kier alpha value is -2.96. The Bertz CT molecular complexity index is 1280. The maximum Gasteiger partial charge on any atom is 0.387 e. The van der Waals surface area contributed by atoms with Gasteiger partial charge in [0, 0.05) is 12.1 Å². The molecule has 1 amide bonds. The first-order valence-electron chi connectivity index (χ1n) is 10.1. The molecule has 0 aliphatic carbocycles. The van der Waals surface area contributed by atoms with Crippen LogP contribution < -0.4 is 15.7 Å². The highest BCUT2D eigenvalue weighted by Crippen LogP contribution is 2.53. The number of fused-ring (bicyclic) bond motifs is 1. The summed E-state index contributed by atoms with van der Waals surface area (Å²) in [6.07, 6.45) is 0. The molecule has 9 nitrogen and oxygen atoms in total. The molecule has 0 spiro atoms. The standard InChI is InChI=1S/C21H24F2N4O5S/c1-12(2)26-17-16(27(20(26)29)13-5-4-6-14(9-13)32-19(22)23)8-7-15(24-17)18(28)25-21(3)10-33(30,31)11-21/h4-9,12,19,30-31H,10-11H2,1-3H3,(H,25,28). The van der Waals surface area contributed by atoms with Gasteiger partial charge in [-0.3, -0.25) is 23.0 Å². The molecule has 3 N–H and O–H groups in total. The zero-order valence-corrected chi connectivity index (χ0v) is 19.0. The quantitative estimate of drug-likeness (QED) is 0.494. The number of hydrogen-bond acceptors (Lipinski definition) is 6. The summed E-state index contributed by atoms with van der Waals surface area (Å²) in [5.41, 5.74) is -0.169. The fourth-order valence-corrected chi connectivity index (χ4v) is 6.22. The van der Waals surface area contributed by atoms with Gasteiger partial charge < -0.3 is 10.1 Å². The van der Waals surface area contributed by atoms with E-state index in [2.05, 4.69) is 15.0 Å². The van der Waals surface area contributed by atoms with Crippen molar-refractivity contribution in [2.24, 2.45) is 0 Å². The molecule has 1 aliphatic rings. The minimum atomic E-state index is -3.00. The Morgan fingerprint density at radius 2 is 1.94 bits per heavy atom. The summed E-state index contributed by atoms with van der Waals surface area (Å²) in [6.45, 7) is 2.29. The molecule has 3 heterocycles. The van der Waals surface area contributed by atoms with Gasteiger partial charge in [-0.05, 0) is 45.0 Å². The maximum atomic E-state index is 13.2. The van der Waals surface area contributed by atoms with Crippen LogP contribution >= 0.6 is 10.6 Å². The number of imidazole rings is 1. The number of pyridine rings is 1. The zero-order chi connectivity index (χ0) is 24.1. The monoisotopic (exact) mass is 482 g/mol. The van der Waals surface area contributed by atoms with Gasteiger partial charge in [-0.15, -0.1) is 0 Å². The number of carbonyl (C=O) groups is 1. The Morgan fingerprint density at radius 3 is 2.55 bits per heavy atom. The molecular formula is C21H24F2N4O5S. The molecule has 4 rings (SSSR count). The van der Waals surface area contributed by atoms with Crippen LogP contribution in [0, 0.1) is 0 Å². The predicted octanol–water partition coefficient (Wildman–Crippen LogP) is 3.62. The number of hydrogen-bond donors (Lipinski definition) is 3. The topological polar surface area (TPSA) is 119 Å². The summed E-state index contributed by atoms with van der Waals surface area (Å²) in [4.78, 5) is 30.4. The lowest BCUT2D eigenvalue weighted by Gasteiger charge is -2.54. The number of nitrogens with zero attached hydrogens (tertiary/aromatic N) is 3. The van der Waals surface area contributed by atoms with Crippen LogP contribution in [0.3, 0.4) is 0 Å². The molecule has 0 saturated carbocycles.